The maximum atomic E-state index is 12.2. The normalized spacial score (nSPS) is 22.1. The summed E-state index contributed by atoms with van der Waals surface area (Å²) < 4.78 is 0. The van der Waals surface area contributed by atoms with Crippen LogP contribution in [0.15, 0.2) is 0 Å². The first-order valence-corrected chi connectivity index (χ1v) is 8.40. The van der Waals surface area contributed by atoms with E-state index in [0.717, 1.165) is 57.9 Å². The largest absolute Gasteiger partial charge is 0.396 e. The number of piperazine rings is 1. The number of carbonyl (C=O) groups is 1. The number of aliphatic hydroxyl groups excluding tert-OH is 1. The van der Waals surface area contributed by atoms with Crippen molar-refractivity contribution >= 4 is 5.91 Å². The van der Waals surface area contributed by atoms with Gasteiger partial charge in [-0.15, -0.1) is 0 Å². The summed E-state index contributed by atoms with van der Waals surface area (Å²) in [7, 11) is 0. The molecule has 2 rings (SSSR count). The summed E-state index contributed by atoms with van der Waals surface area (Å²) in [5.41, 5.74) is 0. The standard InChI is InChI=1S/C16H30N2O2/c19-14-4-9-17-10-12-18(13-11-17)16(20)8-7-15-5-2-1-3-6-15/h15,19H,1-14H2. The fraction of sp³-hybridized carbons (Fsp3) is 0.938. The van der Waals surface area contributed by atoms with Gasteiger partial charge in [-0.05, 0) is 18.8 Å². The Balaban J connectivity index is 1.61. The molecule has 1 saturated carbocycles. The summed E-state index contributed by atoms with van der Waals surface area (Å²) in [6.45, 7) is 4.90. The van der Waals surface area contributed by atoms with Gasteiger partial charge in [0.15, 0.2) is 0 Å². The second-order valence-corrected chi connectivity index (χ2v) is 6.34. The number of carbonyl (C=O) groups excluding carboxylic acids is 1. The Bertz CT molecular complexity index is 282. The Labute approximate surface area is 123 Å². The van der Waals surface area contributed by atoms with Crippen LogP contribution in [0.2, 0.25) is 0 Å². The SMILES string of the molecule is O=C(CCC1CCCCC1)N1CCN(CCCO)CC1. The van der Waals surface area contributed by atoms with Gasteiger partial charge in [0.1, 0.15) is 0 Å². The van der Waals surface area contributed by atoms with E-state index in [9.17, 15) is 4.79 Å². The molecule has 1 saturated heterocycles. The van der Waals surface area contributed by atoms with Crippen LogP contribution in [-0.2, 0) is 4.79 Å². The second kappa shape index (κ2) is 8.63. The zero-order valence-corrected chi connectivity index (χ0v) is 12.7. The molecule has 0 spiro atoms. The topological polar surface area (TPSA) is 43.8 Å². The highest BCUT2D eigenvalue weighted by Gasteiger charge is 2.22. The third-order valence-corrected chi connectivity index (χ3v) is 4.85. The molecule has 0 atom stereocenters. The van der Waals surface area contributed by atoms with E-state index >= 15 is 0 Å². The molecule has 20 heavy (non-hydrogen) atoms. The molecule has 0 unspecified atom stereocenters. The third kappa shape index (κ3) is 5.06. The molecule has 2 fully saturated rings. The van der Waals surface area contributed by atoms with Crippen LogP contribution < -0.4 is 0 Å². The first kappa shape index (κ1) is 15.8. The lowest BCUT2D eigenvalue weighted by Crippen LogP contribution is -2.48. The summed E-state index contributed by atoms with van der Waals surface area (Å²) >= 11 is 0. The number of rotatable bonds is 6. The lowest BCUT2D eigenvalue weighted by Gasteiger charge is -2.35. The molecule has 4 heteroatoms. The van der Waals surface area contributed by atoms with Crippen molar-refractivity contribution < 1.29 is 9.90 Å². The summed E-state index contributed by atoms with van der Waals surface area (Å²) in [6.07, 6.45) is 9.48. The number of amides is 1. The molecule has 116 valence electrons. The van der Waals surface area contributed by atoms with Crippen molar-refractivity contribution in [2.75, 3.05) is 39.3 Å². The van der Waals surface area contributed by atoms with Crippen LogP contribution in [0.3, 0.4) is 0 Å². The van der Waals surface area contributed by atoms with Gasteiger partial charge < -0.3 is 10.0 Å². The number of hydrogen-bond donors (Lipinski definition) is 1. The molecule has 4 nitrogen and oxygen atoms in total. The van der Waals surface area contributed by atoms with Crippen LogP contribution in [0.4, 0.5) is 0 Å². The van der Waals surface area contributed by atoms with Crippen molar-refractivity contribution in [3.8, 4) is 0 Å². The molecule has 0 aromatic carbocycles. The van der Waals surface area contributed by atoms with E-state index in [-0.39, 0.29) is 6.61 Å². The van der Waals surface area contributed by atoms with Crippen molar-refractivity contribution in [2.24, 2.45) is 5.92 Å². The Morgan fingerprint density at radius 3 is 2.40 bits per heavy atom. The molecular formula is C16H30N2O2. The predicted molar refractivity (Wildman–Crippen MR) is 80.5 cm³/mol. The first-order valence-electron chi connectivity index (χ1n) is 8.40. The minimum absolute atomic E-state index is 0.264. The highest BCUT2D eigenvalue weighted by molar-refractivity contribution is 5.76. The van der Waals surface area contributed by atoms with E-state index < -0.39 is 0 Å². The maximum absolute atomic E-state index is 12.2. The van der Waals surface area contributed by atoms with E-state index in [1.807, 2.05) is 4.90 Å². The quantitative estimate of drug-likeness (QED) is 0.809. The van der Waals surface area contributed by atoms with Gasteiger partial charge in [0, 0.05) is 45.8 Å². The Morgan fingerprint density at radius 1 is 1.05 bits per heavy atom. The van der Waals surface area contributed by atoms with Gasteiger partial charge >= 0.3 is 0 Å². The van der Waals surface area contributed by atoms with Crippen LogP contribution in [0.1, 0.15) is 51.4 Å². The van der Waals surface area contributed by atoms with Crippen molar-refractivity contribution in [3.05, 3.63) is 0 Å². The third-order valence-electron chi connectivity index (χ3n) is 4.85. The molecule has 2 aliphatic rings. The highest BCUT2D eigenvalue weighted by atomic mass is 16.3. The zero-order valence-electron chi connectivity index (χ0n) is 12.7. The van der Waals surface area contributed by atoms with Crippen LogP contribution in [0.25, 0.3) is 0 Å². The molecule has 1 amide bonds. The predicted octanol–water partition coefficient (Wildman–Crippen LogP) is 1.87. The Morgan fingerprint density at radius 2 is 1.75 bits per heavy atom. The van der Waals surface area contributed by atoms with Gasteiger partial charge in [-0.2, -0.15) is 0 Å². The molecule has 0 aromatic heterocycles. The van der Waals surface area contributed by atoms with E-state index in [1.54, 1.807) is 0 Å². The van der Waals surface area contributed by atoms with Crippen LogP contribution in [0.5, 0.6) is 0 Å². The van der Waals surface area contributed by atoms with Gasteiger partial charge in [-0.3, -0.25) is 9.69 Å². The van der Waals surface area contributed by atoms with E-state index in [1.165, 1.54) is 32.1 Å². The molecular weight excluding hydrogens is 252 g/mol. The van der Waals surface area contributed by atoms with Gasteiger partial charge in [0.2, 0.25) is 5.91 Å². The van der Waals surface area contributed by atoms with E-state index in [0.29, 0.717) is 5.91 Å². The van der Waals surface area contributed by atoms with Gasteiger partial charge in [0.25, 0.3) is 0 Å². The molecule has 0 aromatic rings. The molecule has 1 N–H and O–H groups in total. The van der Waals surface area contributed by atoms with E-state index in [2.05, 4.69) is 4.90 Å². The lowest BCUT2D eigenvalue weighted by atomic mass is 9.86. The number of aliphatic hydroxyl groups is 1. The smallest absolute Gasteiger partial charge is 0.222 e. The minimum Gasteiger partial charge on any atom is -0.396 e. The summed E-state index contributed by atoms with van der Waals surface area (Å²) in [5.74, 6) is 1.16. The zero-order chi connectivity index (χ0) is 14.2. The lowest BCUT2D eigenvalue weighted by molar-refractivity contribution is -0.133. The molecule has 1 aliphatic heterocycles. The summed E-state index contributed by atoms with van der Waals surface area (Å²) in [6, 6.07) is 0. The Hall–Kier alpha value is -0.610. The van der Waals surface area contributed by atoms with Crippen LogP contribution in [0, 0.1) is 5.92 Å². The highest BCUT2D eigenvalue weighted by Crippen LogP contribution is 2.27. The van der Waals surface area contributed by atoms with E-state index in [4.69, 9.17) is 5.11 Å². The van der Waals surface area contributed by atoms with Gasteiger partial charge in [0.05, 0.1) is 0 Å². The molecule has 0 bridgehead atoms. The average Bonchev–Trinajstić information content (AvgIpc) is 2.52. The summed E-state index contributed by atoms with van der Waals surface area (Å²) in [4.78, 5) is 16.6. The monoisotopic (exact) mass is 282 g/mol. The van der Waals surface area contributed by atoms with Crippen molar-refractivity contribution in [1.29, 1.82) is 0 Å². The van der Waals surface area contributed by atoms with Gasteiger partial charge in [-0.25, -0.2) is 0 Å². The van der Waals surface area contributed by atoms with Crippen molar-refractivity contribution in [2.45, 2.75) is 51.4 Å². The molecule has 0 radical (unpaired) electrons. The Kier molecular flexibility index (Phi) is 6.80. The maximum Gasteiger partial charge on any atom is 0.222 e. The second-order valence-electron chi connectivity index (χ2n) is 6.34. The van der Waals surface area contributed by atoms with Crippen molar-refractivity contribution in [1.82, 2.24) is 9.80 Å². The molecule has 1 heterocycles. The average molecular weight is 282 g/mol. The fourth-order valence-corrected chi connectivity index (χ4v) is 3.48. The van der Waals surface area contributed by atoms with Gasteiger partial charge in [-0.1, -0.05) is 32.1 Å². The number of hydrogen-bond acceptors (Lipinski definition) is 3. The molecule has 1 aliphatic carbocycles. The van der Waals surface area contributed by atoms with Crippen LogP contribution in [-0.4, -0.2) is 60.1 Å². The number of nitrogens with zero attached hydrogens (tertiary/aromatic N) is 2. The van der Waals surface area contributed by atoms with Crippen LogP contribution >= 0.6 is 0 Å². The summed E-state index contributed by atoms with van der Waals surface area (Å²) in [5, 5.41) is 8.84. The fourth-order valence-electron chi connectivity index (χ4n) is 3.48. The minimum atomic E-state index is 0.264. The van der Waals surface area contributed by atoms with Crippen molar-refractivity contribution in [3.63, 3.8) is 0 Å². The first-order chi connectivity index (χ1) is 9.79.